The van der Waals surface area contributed by atoms with Crippen molar-refractivity contribution in [2.45, 2.75) is 32.4 Å². The predicted octanol–water partition coefficient (Wildman–Crippen LogP) is 3.78. The fraction of sp³-hybridized carbons (Fsp3) is 0.375. The summed E-state index contributed by atoms with van der Waals surface area (Å²) in [7, 11) is 0. The van der Waals surface area contributed by atoms with E-state index in [4.69, 9.17) is 0 Å². The normalized spacial score (nSPS) is 11.8. The molecule has 0 saturated heterocycles. The monoisotopic (exact) mass is 278 g/mol. The first-order valence-electron chi connectivity index (χ1n) is 6.91. The molecule has 0 bridgehead atoms. The molecule has 1 aromatic carbocycles. The van der Waals surface area contributed by atoms with E-state index in [-0.39, 0.29) is 12.1 Å². The van der Waals surface area contributed by atoms with Crippen LogP contribution in [-0.4, -0.2) is 11.1 Å². The van der Waals surface area contributed by atoms with Crippen molar-refractivity contribution in [3.8, 4) is 0 Å². The minimum atomic E-state index is -2.86. The topological polar surface area (TPSA) is 17.0 Å². The Morgan fingerprint density at radius 1 is 1.10 bits per heavy atom. The number of nitrogens with zero attached hydrogens (tertiary/aromatic N) is 1. The third kappa shape index (κ3) is 3.67. The Morgan fingerprint density at radius 2 is 1.85 bits per heavy atom. The molecule has 0 atom stereocenters. The third-order valence-electron chi connectivity index (χ3n) is 3.22. The number of hydrogen-bond acceptors (Lipinski definition) is 1. The van der Waals surface area contributed by atoms with Gasteiger partial charge >= 0.3 is 0 Å². The lowest BCUT2D eigenvalue weighted by Crippen LogP contribution is -2.24. The van der Waals surface area contributed by atoms with Gasteiger partial charge < -0.3 is 9.88 Å². The van der Waals surface area contributed by atoms with Gasteiger partial charge in [0.05, 0.1) is 6.54 Å². The summed E-state index contributed by atoms with van der Waals surface area (Å²) in [6.07, 6.45) is 2.74. The molecule has 2 aromatic rings. The minimum absolute atomic E-state index is 0.0566. The number of halogens is 2. The van der Waals surface area contributed by atoms with Crippen molar-refractivity contribution in [1.82, 2.24) is 9.88 Å². The van der Waals surface area contributed by atoms with Crippen LogP contribution >= 0.6 is 0 Å². The number of rotatable bonds is 7. The predicted molar refractivity (Wildman–Crippen MR) is 76.8 cm³/mol. The molecule has 1 N–H and O–H groups in total. The molecule has 0 amide bonds. The Bertz CT molecular complexity index is 520. The van der Waals surface area contributed by atoms with Crippen molar-refractivity contribution in [1.29, 1.82) is 0 Å². The van der Waals surface area contributed by atoms with Crippen LogP contribution in [0.5, 0.6) is 0 Å². The Hall–Kier alpha value is -1.68. The molecule has 2 rings (SSSR count). The summed E-state index contributed by atoms with van der Waals surface area (Å²) in [5, 5.41) is 3.24. The zero-order chi connectivity index (χ0) is 14.4. The molecule has 0 aliphatic rings. The van der Waals surface area contributed by atoms with E-state index in [1.165, 1.54) is 12.1 Å². The van der Waals surface area contributed by atoms with E-state index >= 15 is 0 Å². The summed E-state index contributed by atoms with van der Waals surface area (Å²) < 4.78 is 30.1. The average molecular weight is 278 g/mol. The molecule has 1 heterocycles. The van der Waals surface area contributed by atoms with E-state index in [1.54, 1.807) is 29.0 Å². The van der Waals surface area contributed by atoms with Crippen LogP contribution in [0.25, 0.3) is 0 Å². The van der Waals surface area contributed by atoms with E-state index in [9.17, 15) is 8.78 Å². The van der Waals surface area contributed by atoms with Crippen LogP contribution in [0.4, 0.5) is 8.78 Å². The van der Waals surface area contributed by atoms with Gasteiger partial charge in [-0.1, -0.05) is 37.3 Å². The lowest BCUT2D eigenvalue weighted by atomic mass is 10.1. The van der Waals surface area contributed by atoms with Crippen molar-refractivity contribution in [3.05, 3.63) is 59.9 Å². The standard InChI is InChI=1S/C16H20F2N2/c1-2-10-19-12-15-9-6-11-20(15)13-16(17,18)14-7-4-3-5-8-14/h3-9,11,19H,2,10,12-13H2,1H3. The van der Waals surface area contributed by atoms with Crippen molar-refractivity contribution < 1.29 is 8.78 Å². The molecule has 0 fully saturated rings. The highest BCUT2D eigenvalue weighted by molar-refractivity contribution is 5.20. The van der Waals surface area contributed by atoms with Gasteiger partial charge in [0.2, 0.25) is 0 Å². The second-order valence-electron chi connectivity index (χ2n) is 4.87. The van der Waals surface area contributed by atoms with E-state index in [0.29, 0.717) is 6.54 Å². The highest BCUT2D eigenvalue weighted by atomic mass is 19.3. The molecule has 0 spiro atoms. The number of alkyl halides is 2. The first-order chi connectivity index (χ1) is 9.63. The molecule has 20 heavy (non-hydrogen) atoms. The summed E-state index contributed by atoms with van der Waals surface area (Å²) in [6.45, 7) is 3.26. The maximum Gasteiger partial charge on any atom is 0.290 e. The van der Waals surface area contributed by atoms with Gasteiger partial charge in [-0.25, -0.2) is 0 Å². The van der Waals surface area contributed by atoms with Crippen LogP contribution < -0.4 is 5.32 Å². The molecule has 0 saturated carbocycles. The second kappa shape index (κ2) is 6.66. The van der Waals surface area contributed by atoms with E-state index < -0.39 is 5.92 Å². The summed E-state index contributed by atoms with van der Waals surface area (Å²) in [4.78, 5) is 0. The van der Waals surface area contributed by atoms with Crippen LogP contribution in [0.2, 0.25) is 0 Å². The number of nitrogens with one attached hydrogen (secondary N) is 1. The fourth-order valence-electron chi connectivity index (χ4n) is 2.14. The smallest absolute Gasteiger partial charge is 0.290 e. The highest BCUT2D eigenvalue weighted by Gasteiger charge is 2.32. The van der Waals surface area contributed by atoms with Crippen molar-refractivity contribution in [3.63, 3.8) is 0 Å². The fourth-order valence-corrected chi connectivity index (χ4v) is 2.14. The van der Waals surface area contributed by atoms with Gasteiger partial charge in [0.15, 0.2) is 0 Å². The van der Waals surface area contributed by atoms with Crippen LogP contribution in [0, 0.1) is 0 Å². The maximum absolute atomic E-state index is 14.2. The van der Waals surface area contributed by atoms with Gasteiger partial charge in [-0.2, -0.15) is 8.78 Å². The highest BCUT2D eigenvalue weighted by Crippen LogP contribution is 2.30. The number of aromatic nitrogens is 1. The Kier molecular flexibility index (Phi) is 4.90. The van der Waals surface area contributed by atoms with E-state index in [1.807, 2.05) is 12.1 Å². The maximum atomic E-state index is 14.2. The van der Waals surface area contributed by atoms with E-state index in [2.05, 4.69) is 12.2 Å². The van der Waals surface area contributed by atoms with Gasteiger partial charge in [0.1, 0.15) is 0 Å². The summed E-state index contributed by atoms with van der Waals surface area (Å²) in [5.74, 6) is -2.86. The van der Waals surface area contributed by atoms with Crippen LogP contribution in [0.15, 0.2) is 48.7 Å². The Balaban J connectivity index is 2.08. The molecular formula is C16H20F2N2. The van der Waals surface area contributed by atoms with Gasteiger partial charge in [-0.05, 0) is 25.1 Å². The van der Waals surface area contributed by atoms with Gasteiger partial charge in [0, 0.05) is 24.0 Å². The average Bonchev–Trinajstić information content (AvgIpc) is 2.87. The third-order valence-corrected chi connectivity index (χ3v) is 3.22. The van der Waals surface area contributed by atoms with Crippen LogP contribution in [-0.2, 0) is 19.0 Å². The Morgan fingerprint density at radius 3 is 2.55 bits per heavy atom. The summed E-state index contributed by atoms with van der Waals surface area (Å²) >= 11 is 0. The van der Waals surface area contributed by atoms with Crippen molar-refractivity contribution in [2.75, 3.05) is 6.54 Å². The van der Waals surface area contributed by atoms with E-state index in [0.717, 1.165) is 18.7 Å². The lowest BCUT2D eigenvalue weighted by Gasteiger charge is -2.19. The molecule has 4 heteroatoms. The first kappa shape index (κ1) is 14.7. The second-order valence-corrected chi connectivity index (χ2v) is 4.87. The SMILES string of the molecule is CCCNCc1cccn1CC(F)(F)c1ccccc1. The first-order valence-corrected chi connectivity index (χ1v) is 6.91. The molecule has 108 valence electrons. The zero-order valence-corrected chi connectivity index (χ0v) is 11.7. The van der Waals surface area contributed by atoms with Crippen molar-refractivity contribution >= 4 is 0 Å². The molecule has 0 radical (unpaired) electrons. The van der Waals surface area contributed by atoms with Gasteiger partial charge in [-0.15, -0.1) is 0 Å². The lowest BCUT2D eigenvalue weighted by molar-refractivity contribution is -0.0228. The number of hydrogen-bond donors (Lipinski definition) is 1. The molecular weight excluding hydrogens is 258 g/mol. The summed E-state index contributed by atoms with van der Waals surface area (Å²) in [5.41, 5.74) is 0.940. The van der Waals surface area contributed by atoms with Gasteiger partial charge in [0.25, 0.3) is 5.92 Å². The largest absolute Gasteiger partial charge is 0.344 e. The molecule has 2 nitrogen and oxygen atoms in total. The number of benzene rings is 1. The van der Waals surface area contributed by atoms with Crippen LogP contribution in [0.3, 0.4) is 0 Å². The Labute approximate surface area is 118 Å². The summed E-state index contributed by atoms with van der Waals surface area (Å²) in [6, 6.07) is 11.7. The molecule has 0 aliphatic heterocycles. The van der Waals surface area contributed by atoms with Crippen LogP contribution in [0.1, 0.15) is 24.6 Å². The van der Waals surface area contributed by atoms with Gasteiger partial charge in [-0.3, -0.25) is 0 Å². The minimum Gasteiger partial charge on any atom is -0.344 e. The molecule has 0 aliphatic carbocycles. The molecule has 0 unspecified atom stereocenters. The quantitative estimate of drug-likeness (QED) is 0.763. The molecule has 1 aromatic heterocycles. The zero-order valence-electron chi connectivity index (χ0n) is 11.7. The van der Waals surface area contributed by atoms with Crippen molar-refractivity contribution in [2.24, 2.45) is 0 Å².